The zero-order valence-electron chi connectivity index (χ0n) is 9.48. The maximum atomic E-state index is 8.69. The lowest BCUT2D eigenvalue weighted by Crippen LogP contribution is -2.36. The summed E-state index contributed by atoms with van der Waals surface area (Å²) in [6, 6.07) is 6.39. The number of nitrogens with two attached hydrogens (primary N) is 1. The monoisotopic (exact) mass is 257 g/mol. The van der Waals surface area contributed by atoms with Crippen LogP contribution in [0.4, 0.5) is 0 Å². The first-order valence-corrected chi connectivity index (χ1v) is 6.33. The topological polar surface area (TPSA) is 53.0 Å². The minimum absolute atomic E-state index is 0.140. The van der Waals surface area contributed by atoms with E-state index in [1.807, 2.05) is 26.1 Å². The number of nitriles is 1. The molecule has 0 bridgehead atoms. The Labute approximate surface area is 105 Å². The molecule has 1 aromatic rings. The highest BCUT2D eigenvalue weighted by atomic mass is 35.5. The molecule has 3 nitrogen and oxygen atoms in total. The molecular weight excluding hydrogens is 242 g/mol. The molecular formula is C11H16ClN3S. The lowest BCUT2D eigenvalue weighted by Gasteiger charge is -2.30. The fourth-order valence-electron chi connectivity index (χ4n) is 1.57. The summed E-state index contributed by atoms with van der Waals surface area (Å²) in [5.74, 6) is 0. The van der Waals surface area contributed by atoms with Crippen LogP contribution in [0.25, 0.3) is 0 Å². The fourth-order valence-corrected chi connectivity index (χ4v) is 2.80. The normalized spacial score (nSPS) is 14.8. The summed E-state index contributed by atoms with van der Waals surface area (Å²) in [4.78, 5) is 3.28. The van der Waals surface area contributed by atoms with Gasteiger partial charge in [0, 0.05) is 17.5 Å². The number of likely N-dealkylation sites (N-methyl/N-ethyl adjacent to an activating group) is 1. The molecule has 0 radical (unpaired) electrons. The smallest absolute Gasteiger partial charge is 0.0931 e. The van der Waals surface area contributed by atoms with Crippen LogP contribution in [-0.2, 0) is 0 Å². The third-order valence-corrected chi connectivity index (χ3v) is 4.05. The van der Waals surface area contributed by atoms with Crippen molar-refractivity contribution in [3.8, 4) is 6.07 Å². The first-order valence-electron chi connectivity index (χ1n) is 5.14. The van der Waals surface area contributed by atoms with Crippen molar-refractivity contribution in [2.24, 2.45) is 5.73 Å². The number of nitrogens with zero attached hydrogens (tertiary/aromatic N) is 2. The molecule has 2 unspecified atom stereocenters. The first kappa shape index (κ1) is 13.5. The second kappa shape index (κ2) is 6.21. The van der Waals surface area contributed by atoms with Crippen LogP contribution < -0.4 is 5.73 Å². The summed E-state index contributed by atoms with van der Waals surface area (Å²) >= 11 is 7.46. The Hall–Kier alpha value is -0.600. The van der Waals surface area contributed by atoms with Crippen molar-refractivity contribution in [3.63, 3.8) is 0 Å². The molecule has 1 rings (SSSR count). The van der Waals surface area contributed by atoms with Crippen LogP contribution in [0, 0.1) is 11.3 Å². The summed E-state index contributed by atoms with van der Waals surface area (Å²) in [5, 5.41) is 8.69. The van der Waals surface area contributed by atoms with Gasteiger partial charge < -0.3 is 5.73 Å². The van der Waals surface area contributed by atoms with Crippen molar-refractivity contribution in [2.75, 3.05) is 13.6 Å². The van der Waals surface area contributed by atoms with Crippen LogP contribution in [0.5, 0.6) is 0 Å². The van der Waals surface area contributed by atoms with Crippen LogP contribution in [0.3, 0.4) is 0 Å². The van der Waals surface area contributed by atoms with Gasteiger partial charge in [0.15, 0.2) is 0 Å². The van der Waals surface area contributed by atoms with E-state index < -0.39 is 0 Å². The van der Waals surface area contributed by atoms with E-state index in [2.05, 4.69) is 11.0 Å². The van der Waals surface area contributed by atoms with Crippen molar-refractivity contribution in [1.82, 2.24) is 4.90 Å². The molecule has 0 saturated carbocycles. The van der Waals surface area contributed by atoms with E-state index in [0.717, 1.165) is 9.21 Å². The predicted molar refractivity (Wildman–Crippen MR) is 68.6 cm³/mol. The highest BCUT2D eigenvalue weighted by molar-refractivity contribution is 7.16. The minimum atomic E-state index is 0.140. The Morgan fingerprint density at radius 2 is 2.31 bits per heavy atom. The van der Waals surface area contributed by atoms with Gasteiger partial charge in [-0.2, -0.15) is 5.26 Å². The summed E-state index contributed by atoms with van der Waals surface area (Å²) in [6.45, 7) is 2.56. The molecule has 0 fully saturated rings. The van der Waals surface area contributed by atoms with Gasteiger partial charge in [-0.1, -0.05) is 11.6 Å². The van der Waals surface area contributed by atoms with Crippen molar-refractivity contribution < 1.29 is 0 Å². The predicted octanol–water partition coefficient (Wildman–Crippen LogP) is 2.64. The largest absolute Gasteiger partial charge is 0.329 e. The standard InChI is InChI=1S/C11H16ClN3S/c1-8(5-6-13)15(2)9(7-14)10-3-4-11(12)16-10/h3-4,8-9H,5,7,14H2,1-2H3. The Morgan fingerprint density at radius 1 is 1.62 bits per heavy atom. The molecule has 5 heteroatoms. The summed E-state index contributed by atoms with van der Waals surface area (Å²) in [6.07, 6.45) is 0.506. The average Bonchev–Trinajstić information content (AvgIpc) is 2.66. The Morgan fingerprint density at radius 3 is 2.75 bits per heavy atom. The third-order valence-electron chi connectivity index (χ3n) is 2.72. The molecule has 0 aliphatic heterocycles. The first-order chi connectivity index (χ1) is 7.60. The van der Waals surface area contributed by atoms with E-state index in [0.29, 0.717) is 13.0 Å². The molecule has 0 spiro atoms. The van der Waals surface area contributed by atoms with Gasteiger partial charge in [-0.15, -0.1) is 11.3 Å². The third kappa shape index (κ3) is 3.19. The van der Waals surface area contributed by atoms with Gasteiger partial charge in [-0.05, 0) is 26.1 Å². The van der Waals surface area contributed by atoms with E-state index in [1.54, 1.807) is 11.3 Å². The van der Waals surface area contributed by atoms with Gasteiger partial charge in [0.2, 0.25) is 0 Å². The van der Waals surface area contributed by atoms with E-state index in [-0.39, 0.29) is 12.1 Å². The van der Waals surface area contributed by atoms with Crippen molar-refractivity contribution in [1.29, 1.82) is 5.26 Å². The van der Waals surface area contributed by atoms with Crippen molar-refractivity contribution in [3.05, 3.63) is 21.3 Å². The van der Waals surface area contributed by atoms with Gasteiger partial charge in [0.1, 0.15) is 0 Å². The molecule has 1 heterocycles. The summed E-state index contributed by atoms with van der Waals surface area (Å²) in [7, 11) is 1.99. The second-order valence-corrected chi connectivity index (χ2v) is 5.52. The molecule has 2 atom stereocenters. The van der Waals surface area contributed by atoms with Crippen LogP contribution in [-0.4, -0.2) is 24.5 Å². The van der Waals surface area contributed by atoms with E-state index in [9.17, 15) is 0 Å². The van der Waals surface area contributed by atoms with E-state index in [1.165, 1.54) is 0 Å². The molecule has 0 amide bonds. The molecule has 0 aliphatic rings. The summed E-state index contributed by atoms with van der Waals surface area (Å²) in [5.41, 5.74) is 5.79. The number of rotatable bonds is 5. The van der Waals surface area contributed by atoms with Gasteiger partial charge in [0.25, 0.3) is 0 Å². The molecule has 0 aliphatic carbocycles. The molecule has 88 valence electrons. The van der Waals surface area contributed by atoms with Crippen LogP contribution in [0.2, 0.25) is 4.34 Å². The Balaban J connectivity index is 2.78. The maximum absolute atomic E-state index is 8.69. The van der Waals surface area contributed by atoms with Crippen LogP contribution in [0.1, 0.15) is 24.3 Å². The number of hydrogen-bond acceptors (Lipinski definition) is 4. The highest BCUT2D eigenvalue weighted by Gasteiger charge is 2.21. The van der Waals surface area contributed by atoms with Crippen molar-refractivity contribution >= 4 is 22.9 Å². The Kier molecular flexibility index (Phi) is 5.23. The lowest BCUT2D eigenvalue weighted by atomic mass is 10.1. The highest BCUT2D eigenvalue weighted by Crippen LogP contribution is 2.30. The van der Waals surface area contributed by atoms with Crippen LogP contribution >= 0.6 is 22.9 Å². The molecule has 1 aromatic heterocycles. The quantitative estimate of drug-likeness (QED) is 0.882. The number of thiophene rings is 1. The maximum Gasteiger partial charge on any atom is 0.0931 e. The van der Waals surface area contributed by atoms with E-state index in [4.69, 9.17) is 22.6 Å². The molecule has 0 aromatic carbocycles. The van der Waals surface area contributed by atoms with Crippen LogP contribution in [0.15, 0.2) is 12.1 Å². The fraction of sp³-hybridized carbons (Fsp3) is 0.545. The average molecular weight is 258 g/mol. The molecule has 2 N–H and O–H groups in total. The van der Waals surface area contributed by atoms with Crippen molar-refractivity contribution in [2.45, 2.75) is 25.4 Å². The number of halogens is 1. The molecule has 16 heavy (non-hydrogen) atoms. The SMILES string of the molecule is CC(CC#N)N(C)C(CN)c1ccc(Cl)s1. The minimum Gasteiger partial charge on any atom is -0.329 e. The zero-order chi connectivity index (χ0) is 12.1. The van der Waals surface area contributed by atoms with E-state index >= 15 is 0 Å². The van der Waals surface area contributed by atoms with Gasteiger partial charge in [-0.3, -0.25) is 4.90 Å². The number of hydrogen-bond donors (Lipinski definition) is 1. The lowest BCUT2D eigenvalue weighted by molar-refractivity contribution is 0.194. The van der Waals surface area contributed by atoms with Gasteiger partial charge >= 0.3 is 0 Å². The second-order valence-electron chi connectivity index (χ2n) is 3.77. The molecule has 0 saturated heterocycles. The Bertz CT molecular complexity index is 372. The summed E-state index contributed by atoms with van der Waals surface area (Å²) < 4.78 is 0.773. The zero-order valence-corrected chi connectivity index (χ0v) is 11.1. The van der Waals surface area contributed by atoms with Gasteiger partial charge in [0.05, 0.1) is 22.9 Å². The van der Waals surface area contributed by atoms with Gasteiger partial charge in [-0.25, -0.2) is 0 Å².